The van der Waals surface area contributed by atoms with Crippen LogP contribution in [-0.4, -0.2) is 26.0 Å². The number of hydrogen-bond acceptors (Lipinski definition) is 4. The molecule has 2 saturated carbocycles. The minimum atomic E-state index is -0.193. The second kappa shape index (κ2) is 4.41. The van der Waals surface area contributed by atoms with E-state index in [4.69, 9.17) is 9.47 Å². The smallest absolute Gasteiger partial charge is 0.238 e. The van der Waals surface area contributed by atoms with Gasteiger partial charge in [0.1, 0.15) is 11.5 Å². The van der Waals surface area contributed by atoms with Crippen molar-refractivity contribution in [3.05, 3.63) is 30.4 Å². The Labute approximate surface area is 140 Å². The van der Waals surface area contributed by atoms with Gasteiger partial charge in [-0.25, -0.2) is 4.90 Å². The number of hydrogen-bond donors (Lipinski definition) is 0. The van der Waals surface area contributed by atoms with E-state index in [1.807, 2.05) is 0 Å². The predicted octanol–water partition coefficient (Wildman–Crippen LogP) is 2.41. The number of nitrogens with zero attached hydrogens (tertiary/aromatic N) is 1. The van der Waals surface area contributed by atoms with Crippen LogP contribution in [0.1, 0.15) is 12.8 Å². The van der Waals surface area contributed by atoms with E-state index >= 15 is 0 Å². The maximum Gasteiger partial charge on any atom is 0.238 e. The van der Waals surface area contributed by atoms with Gasteiger partial charge in [-0.2, -0.15) is 0 Å². The fourth-order valence-corrected chi connectivity index (χ4v) is 5.29. The molecular formula is C19H19NO4. The summed E-state index contributed by atoms with van der Waals surface area (Å²) in [4.78, 5) is 27.6. The number of anilines is 1. The van der Waals surface area contributed by atoms with Crippen LogP contribution in [0.15, 0.2) is 30.4 Å². The predicted molar refractivity (Wildman–Crippen MR) is 86.8 cm³/mol. The zero-order chi connectivity index (χ0) is 16.6. The van der Waals surface area contributed by atoms with Crippen LogP contribution in [0.2, 0.25) is 0 Å². The maximum absolute atomic E-state index is 13.1. The third kappa shape index (κ3) is 1.46. The topological polar surface area (TPSA) is 55.8 Å². The van der Waals surface area contributed by atoms with Crippen molar-refractivity contribution in [2.24, 2.45) is 29.1 Å². The lowest BCUT2D eigenvalue weighted by molar-refractivity contribution is -0.123. The monoisotopic (exact) mass is 325 g/mol. The van der Waals surface area contributed by atoms with Crippen molar-refractivity contribution >= 4 is 17.5 Å². The summed E-state index contributed by atoms with van der Waals surface area (Å²) >= 11 is 0. The van der Waals surface area contributed by atoms with Crippen LogP contribution >= 0.6 is 0 Å². The Morgan fingerprint density at radius 2 is 1.62 bits per heavy atom. The molecule has 0 radical (unpaired) electrons. The summed E-state index contributed by atoms with van der Waals surface area (Å²) in [6, 6.07) is 5.19. The summed E-state index contributed by atoms with van der Waals surface area (Å²) in [6.07, 6.45) is 6.65. The molecule has 0 N–H and O–H groups in total. The number of amides is 2. The number of carbonyl (C=O) groups is 2. The molecule has 1 heterocycles. The summed E-state index contributed by atoms with van der Waals surface area (Å²) in [5, 5.41) is 0. The van der Waals surface area contributed by atoms with Crippen molar-refractivity contribution < 1.29 is 19.1 Å². The minimum absolute atomic E-state index is 0.0726. The average Bonchev–Trinajstić information content (AvgIpc) is 3.20. The lowest BCUT2D eigenvalue weighted by Gasteiger charge is -2.23. The number of allylic oxidation sites excluding steroid dienone is 2. The molecule has 24 heavy (non-hydrogen) atoms. The molecule has 1 spiro atoms. The van der Waals surface area contributed by atoms with Crippen molar-refractivity contribution in [2.45, 2.75) is 12.8 Å². The molecule has 5 heteroatoms. The molecule has 1 saturated heterocycles. The SMILES string of the molecule is COc1ccc(N2C(=O)[C@@H]3[C@H](C2=O)[C@@H]2C=C[C@H]3C23CC3)c(OC)c1. The first-order chi connectivity index (χ1) is 11.6. The number of benzene rings is 1. The summed E-state index contributed by atoms with van der Waals surface area (Å²) in [5.41, 5.74) is 0.739. The number of methoxy groups -OCH3 is 2. The van der Waals surface area contributed by atoms with E-state index in [2.05, 4.69) is 12.2 Å². The van der Waals surface area contributed by atoms with E-state index < -0.39 is 0 Å². The molecular weight excluding hydrogens is 306 g/mol. The van der Waals surface area contributed by atoms with Gasteiger partial charge in [0.2, 0.25) is 11.8 Å². The number of ether oxygens (including phenoxy) is 2. The second-order valence-electron chi connectivity index (χ2n) is 7.27. The third-order valence-electron chi connectivity index (χ3n) is 6.48. The highest BCUT2D eigenvalue weighted by Crippen LogP contribution is 2.73. The molecule has 5 rings (SSSR count). The first-order valence-corrected chi connectivity index (χ1v) is 8.40. The van der Waals surface area contributed by atoms with E-state index in [9.17, 15) is 9.59 Å². The lowest BCUT2D eigenvalue weighted by atomic mass is 9.85. The molecule has 1 aromatic carbocycles. The van der Waals surface area contributed by atoms with Crippen molar-refractivity contribution in [3.8, 4) is 11.5 Å². The van der Waals surface area contributed by atoms with Gasteiger partial charge in [0.05, 0.1) is 31.7 Å². The van der Waals surface area contributed by atoms with Crippen molar-refractivity contribution in [2.75, 3.05) is 19.1 Å². The molecule has 2 amide bonds. The largest absolute Gasteiger partial charge is 0.497 e. The van der Waals surface area contributed by atoms with Crippen LogP contribution < -0.4 is 14.4 Å². The highest BCUT2D eigenvalue weighted by molar-refractivity contribution is 6.23. The van der Waals surface area contributed by atoms with E-state index in [-0.39, 0.29) is 40.9 Å². The van der Waals surface area contributed by atoms with Crippen LogP contribution in [0.4, 0.5) is 5.69 Å². The molecule has 0 aromatic heterocycles. The first kappa shape index (κ1) is 14.1. The maximum atomic E-state index is 13.1. The molecule has 0 unspecified atom stereocenters. The van der Waals surface area contributed by atoms with Gasteiger partial charge in [-0.1, -0.05) is 12.2 Å². The average molecular weight is 325 g/mol. The fraction of sp³-hybridized carbons (Fsp3) is 0.474. The molecule has 4 aliphatic rings. The fourth-order valence-electron chi connectivity index (χ4n) is 5.29. The summed E-state index contributed by atoms with van der Waals surface area (Å²) in [5.74, 6) is 1.05. The van der Waals surface area contributed by atoms with Gasteiger partial charge >= 0.3 is 0 Å². The molecule has 1 aliphatic heterocycles. The van der Waals surface area contributed by atoms with E-state index in [1.54, 1.807) is 25.3 Å². The zero-order valence-corrected chi connectivity index (χ0v) is 13.7. The van der Waals surface area contributed by atoms with Crippen LogP contribution in [-0.2, 0) is 9.59 Å². The van der Waals surface area contributed by atoms with Crippen LogP contribution in [0.5, 0.6) is 11.5 Å². The summed E-state index contributed by atoms with van der Waals surface area (Å²) < 4.78 is 10.6. The van der Waals surface area contributed by atoms with Crippen LogP contribution in [0.3, 0.4) is 0 Å². The number of rotatable bonds is 3. The molecule has 124 valence electrons. The molecule has 1 aromatic rings. The van der Waals surface area contributed by atoms with Gasteiger partial charge in [0.15, 0.2) is 0 Å². The molecule has 3 fully saturated rings. The van der Waals surface area contributed by atoms with Gasteiger partial charge < -0.3 is 9.47 Å². The van der Waals surface area contributed by atoms with Gasteiger partial charge in [-0.15, -0.1) is 0 Å². The van der Waals surface area contributed by atoms with E-state index in [0.717, 1.165) is 12.8 Å². The normalized spacial score (nSPS) is 34.2. The zero-order valence-electron chi connectivity index (χ0n) is 13.7. The number of carbonyl (C=O) groups excluding carboxylic acids is 2. The van der Waals surface area contributed by atoms with Gasteiger partial charge in [0, 0.05) is 6.07 Å². The Morgan fingerprint density at radius 3 is 2.12 bits per heavy atom. The summed E-state index contributed by atoms with van der Waals surface area (Å²) in [6.45, 7) is 0. The van der Waals surface area contributed by atoms with Gasteiger partial charge in [-0.05, 0) is 42.2 Å². The first-order valence-electron chi connectivity index (χ1n) is 8.40. The Morgan fingerprint density at radius 1 is 1.00 bits per heavy atom. The Kier molecular flexibility index (Phi) is 2.58. The number of fused-ring (bicyclic) bond motifs is 3. The summed E-state index contributed by atoms with van der Waals surface area (Å²) in [7, 11) is 3.11. The molecule has 3 aliphatic carbocycles. The highest BCUT2D eigenvalue weighted by Gasteiger charge is 2.73. The molecule has 2 bridgehead atoms. The van der Waals surface area contributed by atoms with E-state index in [1.165, 1.54) is 12.0 Å². The van der Waals surface area contributed by atoms with Crippen LogP contribution in [0.25, 0.3) is 0 Å². The standard InChI is InChI=1S/C19H19NO4/c1-23-10-3-6-13(14(9-10)24-2)20-17(21)15-11-4-5-12(16(15)18(20)22)19(11)7-8-19/h3-6,9,11-12,15-16H,7-8H2,1-2H3/t11-,12+,15+,16-. The van der Waals surface area contributed by atoms with Gasteiger partial charge in [0.25, 0.3) is 0 Å². The van der Waals surface area contributed by atoms with Gasteiger partial charge in [-0.3, -0.25) is 9.59 Å². The third-order valence-corrected chi connectivity index (χ3v) is 6.48. The van der Waals surface area contributed by atoms with Crippen molar-refractivity contribution in [3.63, 3.8) is 0 Å². The quantitative estimate of drug-likeness (QED) is 0.632. The lowest BCUT2D eigenvalue weighted by Crippen LogP contribution is -2.35. The van der Waals surface area contributed by atoms with Crippen molar-refractivity contribution in [1.29, 1.82) is 0 Å². The van der Waals surface area contributed by atoms with Crippen LogP contribution in [0, 0.1) is 29.1 Å². The Hall–Kier alpha value is -2.30. The van der Waals surface area contributed by atoms with E-state index in [0.29, 0.717) is 17.2 Å². The Balaban J connectivity index is 1.56. The van der Waals surface area contributed by atoms with Crippen molar-refractivity contribution in [1.82, 2.24) is 0 Å². The Bertz CT molecular complexity index is 761. The highest BCUT2D eigenvalue weighted by atomic mass is 16.5. The minimum Gasteiger partial charge on any atom is -0.497 e. The number of imide groups is 1. The second-order valence-corrected chi connectivity index (χ2v) is 7.27. The molecule has 5 nitrogen and oxygen atoms in total. The molecule has 4 atom stereocenters.